The summed E-state index contributed by atoms with van der Waals surface area (Å²) < 4.78 is 31.4. The highest BCUT2D eigenvalue weighted by atomic mass is 32.2. The molecular weight excluding hydrogens is 456 g/mol. The number of sulfonamides is 1. The Hall–Kier alpha value is -4.31. The van der Waals surface area contributed by atoms with E-state index in [0.717, 1.165) is 11.1 Å². The molecule has 1 heterocycles. The third-order valence-corrected chi connectivity index (χ3v) is 6.18. The molecule has 0 spiro atoms. The minimum Gasteiger partial charge on any atom is -0.454 e. The first kappa shape index (κ1) is 22.9. The summed E-state index contributed by atoms with van der Waals surface area (Å²) in [6.45, 7) is -1.02. The van der Waals surface area contributed by atoms with E-state index in [9.17, 15) is 18.0 Å². The maximum atomic E-state index is 12.2. The first-order valence-corrected chi connectivity index (χ1v) is 11.7. The van der Waals surface area contributed by atoms with E-state index in [4.69, 9.17) is 4.74 Å². The van der Waals surface area contributed by atoms with Gasteiger partial charge in [-0.2, -0.15) is 5.10 Å². The number of carbonyl (C=O) groups is 2. The predicted octanol–water partition coefficient (Wildman–Crippen LogP) is 1.84. The lowest BCUT2D eigenvalue weighted by atomic mass is 10.0. The van der Waals surface area contributed by atoms with Gasteiger partial charge in [-0.15, -0.1) is 0 Å². The lowest BCUT2D eigenvalue weighted by molar-refractivity contribution is -0.147. The molecule has 0 aromatic heterocycles. The van der Waals surface area contributed by atoms with Crippen LogP contribution < -0.4 is 10.1 Å². The topological polar surface area (TPSA) is 126 Å². The number of benzene rings is 3. The Labute approximate surface area is 196 Å². The Kier molecular flexibility index (Phi) is 6.79. The van der Waals surface area contributed by atoms with Gasteiger partial charge in [-0.25, -0.2) is 13.8 Å². The SMILES string of the molecule is O=C(COC(=O)CN=C1NS(=O)(=O)c2ccccc21)NN=C(c1ccccc1)c1ccccc1. The Balaban J connectivity index is 1.36. The van der Waals surface area contributed by atoms with Crippen LogP contribution in [0.15, 0.2) is 99.9 Å². The fourth-order valence-electron chi connectivity index (χ4n) is 3.22. The quantitative estimate of drug-likeness (QED) is 0.306. The van der Waals surface area contributed by atoms with Crippen molar-refractivity contribution >= 4 is 33.4 Å². The van der Waals surface area contributed by atoms with E-state index in [1.807, 2.05) is 60.7 Å². The molecular formula is C24H20N4O5S. The highest BCUT2D eigenvalue weighted by Gasteiger charge is 2.30. The summed E-state index contributed by atoms with van der Waals surface area (Å²) in [5.41, 5.74) is 4.94. The van der Waals surface area contributed by atoms with Crippen molar-refractivity contribution in [3.8, 4) is 0 Å². The van der Waals surface area contributed by atoms with Crippen LogP contribution in [0, 0.1) is 0 Å². The van der Waals surface area contributed by atoms with Gasteiger partial charge in [-0.3, -0.25) is 19.3 Å². The molecule has 0 unspecified atom stereocenters. The Morgan fingerprint density at radius 3 is 2.09 bits per heavy atom. The number of esters is 1. The van der Waals surface area contributed by atoms with Crippen molar-refractivity contribution in [1.29, 1.82) is 0 Å². The Morgan fingerprint density at radius 2 is 1.44 bits per heavy atom. The molecule has 0 radical (unpaired) electrons. The standard InChI is InChI=1S/C24H20N4O5S/c29-21(26-27-23(17-9-3-1-4-10-17)18-11-5-2-6-12-18)16-33-22(30)15-25-24-19-13-7-8-14-20(19)34(31,32)28-24/h1-14H,15-16H2,(H,25,28)(H,26,29). The maximum absolute atomic E-state index is 12.2. The van der Waals surface area contributed by atoms with E-state index < -0.39 is 35.1 Å². The van der Waals surface area contributed by atoms with Crippen LogP contribution >= 0.6 is 0 Å². The molecule has 0 saturated heterocycles. The summed E-state index contributed by atoms with van der Waals surface area (Å²) in [5.74, 6) is -1.37. The van der Waals surface area contributed by atoms with Gasteiger partial charge in [0.2, 0.25) is 0 Å². The third-order valence-electron chi connectivity index (χ3n) is 4.78. The average Bonchev–Trinajstić information content (AvgIpc) is 3.13. The molecule has 4 rings (SSSR count). The number of carbonyl (C=O) groups excluding carboxylic acids is 2. The largest absolute Gasteiger partial charge is 0.454 e. The molecule has 3 aromatic rings. The monoisotopic (exact) mass is 476 g/mol. The van der Waals surface area contributed by atoms with Crippen molar-refractivity contribution in [2.45, 2.75) is 4.90 Å². The Morgan fingerprint density at radius 1 is 0.853 bits per heavy atom. The van der Waals surface area contributed by atoms with Crippen LogP contribution in [0.5, 0.6) is 0 Å². The zero-order chi connectivity index (χ0) is 24.0. The molecule has 34 heavy (non-hydrogen) atoms. The number of aliphatic imine (C=N–C) groups is 1. The van der Waals surface area contributed by atoms with E-state index in [2.05, 4.69) is 20.2 Å². The molecule has 3 aromatic carbocycles. The lowest BCUT2D eigenvalue weighted by Gasteiger charge is -2.08. The zero-order valence-electron chi connectivity index (χ0n) is 17.8. The third kappa shape index (κ3) is 5.36. The van der Waals surface area contributed by atoms with Gasteiger partial charge in [0, 0.05) is 16.7 Å². The van der Waals surface area contributed by atoms with Crippen molar-refractivity contribution < 1.29 is 22.7 Å². The van der Waals surface area contributed by atoms with Crippen molar-refractivity contribution in [3.63, 3.8) is 0 Å². The number of fused-ring (bicyclic) bond motifs is 1. The molecule has 172 valence electrons. The van der Waals surface area contributed by atoms with E-state index >= 15 is 0 Å². The summed E-state index contributed by atoms with van der Waals surface area (Å²) in [6.07, 6.45) is 0. The van der Waals surface area contributed by atoms with Crippen LogP contribution in [0.25, 0.3) is 0 Å². The molecule has 10 heteroatoms. The van der Waals surface area contributed by atoms with Crippen LogP contribution in [-0.2, 0) is 24.3 Å². The summed E-state index contributed by atoms with van der Waals surface area (Å²) >= 11 is 0. The number of nitrogens with one attached hydrogen (secondary N) is 2. The van der Waals surface area contributed by atoms with Gasteiger partial charge in [-0.05, 0) is 12.1 Å². The highest BCUT2D eigenvalue weighted by Crippen LogP contribution is 2.22. The molecule has 9 nitrogen and oxygen atoms in total. The van der Waals surface area contributed by atoms with E-state index in [1.165, 1.54) is 6.07 Å². The van der Waals surface area contributed by atoms with Gasteiger partial charge < -0.3 is 4.74 Å². The summed E-state index contributed by atoms with van der Waals surface area (Å²) in [4.78, 5) is 28.3. The van der Waals surface area contributed by atoms with Gasteiger partial charge >= 0.3 is 5.97 Å². The maximum Gasteiger partial charge on any atom is 0.328 e. The van der Waals surface area contributed by atoms with E-state index in [-0.39, 0.29) is 10.7 Å². The number of ether oxygens (including phenoxy) is 1. The van der Waals surface area contributed by atoms with Crippen molar-refractivity contribution in [3.05, 3.63) is 102 Å². The first-order valence-electron chi connectivity index (χ1n) is 10.2. The molecule has 1 aliphatic heterocycles. The highest BCUT2D eigenvalue weighted by molar-refractivity contribution is 7.90. The fourth-order valence-corrected chi connectivity index (χ4v) is 4.48. The minimum atomic E-state index is -3.70. The second-order valence-corrected chi connectivity index (χ2v) is 8.81. The van der Waals surface area contributed by atoms with E-state index in [0.29, 0.717) is 11.3 Å². The van der Waals surface area contributed by atoms with Crippen LogP contribution in [-0.4, -0.2) is 45.0 Å². The van der Waals surface area contributed by atoms with Crippen molar-refractivity contribution in [2.75, 3.05) is 13.2 Å². The Bertz CT molecular complexity index is 1330. The fraction of sp³-hybridized carbons (Fsp3) is 0.0833. The summed E-state index contributed by atoms with van der Waals surface area (Å²) in [5, 5.41) is 4.21. The molecule has 0 saturated carbocycles. The number of hydrogen-bond donors (Lipinski definition) is 2. The number of hydrogen-bond acceptors (Lipinski definition) is 7. The molecule has 0 aliphatic carbocycles. The number of amides is 1. The lowest BCUT2D eigenvalue weighted by Crippen LogP contribution is -2.27. The van der Waals surface area contributed by atoms with Crippen LogP contribution in [0.4, 0.5) is 0 Å². The summed E-state index contributed by atoms with van der Waals surface area (Å²) in [6, 6.07) is 25.0. The van der Waals surface area contributed by atoms with Crippen LogP contribution in [0.1, 0.15) is 16.7 Å². The number of rotatable bonds is 7. The second kappa shape index (κ2) is 10.1. The number of hydrazone groups is 1. The van der Waals surface area contributed by atoms with Crippen LogP contribution in [0.3, 0.4) is 0 Å². The van der Waals surface area contributed by atoms with Gasteiger partial charge in [0.05, 0.1) is 10.6 Å². The number of amidine groups is 1. The molecule has 2 N–H and O–H groups in total. The smallest absolute Gasteiger partial charge is 0.328 e. The zero-order valence-corrected chi connectivity index (χ0v) is 18.7. The van der Waals surface area contributed by atoms with Gasteiger partial charge in [0.25, 0.3) is 15.9 Å². The van der Waals surface area contributed by atoms with Crippen molar-refractivity contribution in [1.82, 2.24) is 10.1 Å². The second-order valence-electron chi connectivity index (χ2n) is 7.15. The van der Waals surface area contributed by atoms with Crippen LogP contribution in [0.2, 0.25) is 0 Å². The molecule has 0 bridgehead atoms. The van der Waals surface area contributed by atoms with E-state index in [1.54, 1.807) is 18.2 Å². The van der Waals surface area contributed by atoms with Gasteiger partial charge in [0.1, 0.15) is 12.4 Å². The number of nitrogens with zero attached hydrogens (tertiary/aromatic N) is 2. The normalized spacial score (nSPS) is 14.5. The van der Waals surface area contributed by atoms with Crippen molar-refractivity contribution in [2.24, 2.45) is 10.1 Å². The predicted molar refractivity (Wildman–Crippen MR) is 126 cm³/mol. The molecule has 1 aliphatic rings. The first-order chi connectivity index (χ1) is 16.4. The molecule has 1 amide bonds. The summed E-state index contributed by atoms with van der Waals surface area (Å²) in [7, 11) is -3.70. The molecule has 0 atom stereocenters. The average molecular weight is 477 g/mol. The minimum absolute atomic E-state index is 0.0527. The van der Waals surface area contributed by atoms with Gasteiger partial charge in [0.15, 0.2) is 6.61 Å². The van der Waals surface area contributed by atoms with Gasteiger partial charge in [-0.1, -0.05) is 72.8 Å². The molecule has 0 fully saturated rings.